The molecule has 0 amide bonds. The van der Waals surface area contributed by atoms with Gasteiger partial charge in [0.15, 0.2) is 0 Å². The van der Waals surface area contributed by atoms with Crippen molar-refractivity contribution in [1.29, 1.82) is 0 Å². The van der Waals surface area contributed by atoms with Crippen LogP contribution in [0.1, 0.15) is 66.2 Å². The summed E-state index contributed by atoms with van der Waals surface area (Å²) in [7, 11) is 0. The van der Waals surface area contributed by atoms with Gasteiger partial charge in [0.05, 0.1) is 16.6 Å². The highest BCUT2D eigenvalue weighted by atomic mass is 16.6. The number of ether oxygens (including phenoxy) is 2. The minimum absolute atomic E-state index is 0.0225. The van der Waals surface area contributed by atoms with E-state index in [-0.39, 0.29) is 28.8 Å². The van der Waals surface area contributed by atoms with Crippen LogP contribution < -0.4 is 0 Å². The molecule has 0 bridgehead atoms. The molecule has 7 atom stereocenters. The number of carboxylic acids is 1. The van der Waals surface area contributed by atoms with Crippen LogP contribution in [0.2, 0.25) is 0 Å². The van der Waals surface area contributed by atoms with Crippen LogP contribution in [0.15, 0.2) is 12.2 Å². The van der Waals surface area contributed by atoms with Gasteiger partial charge in [-0.05, 0) is 63.9 Å². The number of aliphatic carboxylic acids is 1. The minimum Gasteiger partial charge on any atom is -0.478 e. The van der Waals surface area contributed by atoms with Gasteiger partial charge < -0.3 is 14.6 Å². The van der Waals surface area contributed by atoms with Crippen molar-refractivity contribution in [3.8, 4) is 0 Å². The monoisotopic (exact) mass is 362 g/mol. The number of carbonyl (C=O) groups excluding carboxylic acids is 1. The van der Waals surface area contributed by atoms with Crippen molar-refractivity contribution in [1.82, 2.24) is 0 Å². The quantitative estimate of drug-likeness (QED) is 0.599. The molecular weight excluding hydrogens is 332 g/mol. The minimum atomic E-state index is -0.953. The fourth-order valence-corrected chi connectivity index (χ4v) is 7.20. The predicted molar refractivity (Wildman–Crippen MR) is 95.4 cm³/mol. The zero-order chi connectivity index (χ0) is 19.0. The molecule has 2 saturated heterocycles. The number of carbonyl (C=O) groups is 2. The van der Waals surface area contributed by atoms with E-state index in [2.05, 4.69) is 20.8 Å². The van der Waals surface area contributed by atoms with Crippen molar-refractivity contribution in [3.63, 3.8) is 0 Å². The van der Waals surface area contributed by atoms with Crippen molar-refractivity contribution in [2.75, 3.05) is 0 Å². The van der Waals surface area contributed by atoms with E-state index in [1.165, 1.54) is 6.08 Å². The summed E-state index contributed by atoms with van der Waals surface area (Å²) < 4.78 is 12.5. The standard InChI is InChI=1S/C21H30O5/c1-18(11-7-15(22)23)10-6-14-19(2)8-5-9-20(3)16(19)13(25-17(20)24)12-21(14,4)26-18/h7,11,13-14,16H,5-6,8-10,12H2,1-4H3,(H,22,23)/b11-7+/t13-,14+,16+,18+,19+,20+,21+/m0/s1. The van der Waals surface area contributed by atoms with E-state index in [0.29, 0.717) is 12.3 Å². The van der Waals surface area contributed by atoms with Crippen LogP contribution in [0.3, 0.4) is 0 Å². The topological polar surface area (TPSA) is 72.8 Å². The number of hydrogen-bond acceptors (Lipinski definition) is 4. The van der Waals surface area contributed by atoms with Crippen LogP contribution >= 0.6 is 0 Å². The summed E-state index contributed by atoms with van der Waals surface area (Å²) in [5.74, 6) is -0.367. The van der Waals surface area contributed by atoms with E-state index in [9.17, 15) is 9.59 Å². The average molecular weight is 362 g/mol. The lowest BCUT2D eigenvalue weighted by Crippen LogP contribution is -2.65. The number of hydrogen-bond donors (Lipinski definition) is 1. The van der Waals surface area contributed by atoms with Crippen molar-refractivity contribution in [2.24, 2.45) is 22.7 Å². The largest absolute Gasteiger partial charge is 0.478 e. The van der Waals surface area contributed by atoms with Crippen LogP contribution in [0.5, 0.6) is 0 Å². The first-order chi connectivity index (χ1) is 12.0. The van der Waals surface area contributed by atoms with Crippen LogP contribution in [0.25, 0.3) is 0 Å². The van der Waals surface area contributed by atoms with Crippen LogP contribution in [0.4, 0.5) is 0 Å². The van der Waals surface area contributed by atoms with Crippen LogP contribution in [-0.4, -0.2) is 34.4 Å². The first-order valence-corrected chi connectivity index (χ1v) is 9.86. The van der Waals surface area contributed by atoms with Gasteiger partial charge in [0, 0.05) is 18.4 Å². The molecule has 1 N–H and O–H groups in total. The van der Waals surface area contributed by atoms with Crippen molar-refractivity contribution in [2.45, 2.75) is 83.5 Å². The summed E-state index contributed by atoms with van der Waals surface area (Å²) >= 11 is 0. The Labute approximate surface area is 155 Å². The molecule has 4 fully saturated rings. The fourth-order valence-electron chi connectivity index (χ4n) is 7.20. The third kappa shape index (κ3) is 2.32. The summed E-state index contributed by atoms with van der Waals surface area (Å²) in [5, 5.41) is 8.99. The van der Waals surface area contributed by atoms with E-state index in [0.717, 1.165) is 32.1 Å². The van der Waals surface area contributed by atoms with Gasteiger partial charge >= 0.3 is 11.9 Å². The second-order valence-electron chi connectivity index (χ2n) is 9.89. The van der Waals surface area contributed by atoms with Gasteiger partial charge in [0.25, 0.3) is 0 Å². The molecule has 144 valence electrons. The predicted octanol–water partition coefficient (Wildman–Crippen LogP) is 3.71. The smallest absolute Gasteiger partial charge is 0.328 e. The van der Waals surface area contributed by atoms with Gasteiger partial charge in [0.1, 0.15) is 6.10 Å². The first kappa shape index (κ1) is 18.0. The Balaban J connectivity index is 1.70. The zero-order valence-electron chi connectivity index (χ0n) is 16.2. The lowest BCUT2D eigenvalue weighted by atomic mass is 9.44. The van der Waals surface area contributed by atoms with E-state index in [1.54, 1.807) is 6.08 Å². The van der Waals surface area contributed by atoms with Gasteiger partial charge in [-0.3, -0.25) is 4.79 Å². The third-order valence-corrected chi connectivity index (χ3v) is 8.02. The van der Waals surface area contributed by atoms with Crippen LogP contribution in [-0.2, 0) is 19.1 Å². The number of rotatable bonds is 2. The molecule has 0 aromatic carbocycles. The van der Waals surface area contributed by atoms with Gasteiger partial charge in [-0.2, -0.15) is 0 Å². The number of fused-ring (bicyclic) bond motifs is 2. The summed E-state index contributed by atoms with van der Waals surface area (Å²) in [6, 6.07) is 0. The molecule has 0 radical (unpaired) electrons. The highest BCUT2D eigenvalue weighted by Crippen LogP contribution is 2.68. The average Bonchev–Trinajstić information content (AvgIpc) is 2.76. The summed E-state index contributed by atoms with van der Waals surface area (Å²) in [6.07, 6.45) is 8.34. The first-order valence-electron chi connectivity index (χ1n) is 9.86. The second-order valence-corrected chi connectivity index (χ2v) is 9.89. The molecule has 2 aliphatic heterocycles. The van der Waals surface area contributed by atoms with E-state index in [4.69, 9.17) is 14.6 Å². The number of esters is 1. The fraction of sp³-hybridized carbons (Fsp3) is 0.810. The van der Waals surface area contributed by atoms with Crippen molar-refractivity contribution in [3.05, 3.63) is 12.2 Å². The molecule has 0 aromatic rings. The van der Waals surface area contributed by atoms with Crippen LogP contribution in [0, 0.1) is 22.7 Å². The molecule has 2 heterocycles. The maximum atomic E-state index is 12.7. The summed E-state index contributed by atoms with van der Waals surface area (Å²) in [5.41, 5.74) is -1.33. The molecule has 0 aromatic heterocycles. The Morgan fingerprint density at radius 3 is 2.62 bits per heavy atom. The Bertz CT molecular complexity index is 686. The molecule has 5 heteroatoms. The molecule has 26 heavy (non-hydrogen) atoms. The van der Waals surface area contributed by atoms with Crippen molar-refractivity contribution < 1.29 is 24.2 Å². The molecule has 2 aliphatic carbocycles. The third-order valence-electron chi connectivity index (χ3n) is 8.02. The molecule has 5 nitrogen and oxygen atoms in total. The summed E-state index contributed by atoms with van der Waals surface area (Å²) in [6.45, 7) is 8.55. The summed E-state index contributed by atoms with van der Waals surface area (Å²) in [4.78, 5) is 23.7. The second kappa shape index (κ2) is 5.34. The molecule has 2 saturated carbocycles. The maximum Gasteiger partial charge on any atom is 0.328 e. The van der Waals surface area contributed by atoms with E-state index in [1.807, 2.05) is 6.92 Å². The molecule has 0 unspecified atom stereocenters. The van der Waals surface area contributed by atoms with Gasteiger partial charge in [-0.25, -0.2) is 4.79 Å². The Kier molecular flexibility index (Phi) is 3.70. The molecular formula is C21H30O5. The molecule has 4 aliphatic rings. The lowest BCUT2D eigenvalue weighted by molar-refractivity contribution is -0.261. The van der Waals surface area contributed by atoms with Gasteiger partial charge in [-0.15, -0.1) is 0 Å². The molecule has 4 rings (SSSR count). The van der Waals surface area contributed by atoms with Gasteiger partial charge in [0.2, 0.25) is 0 Å². The van der Waals surface area contributed by atoms with E-state index >= 15 is 0 Å². The zero-order valence-corrected chi connectivity index (χ0v) is 16.2. The highest BCUT2D eigenvalue weighted by Gasteiger charge is 2.71. The SMILES string of the molecule is C[C@@]12CCC[C@@]3(C)C(=O)O[C@@H](C[C@@]4(C)O[C@@](C)(/C=C/C(=O)O)CC[C@H]14)[C@H]23. The Morgan fingerprint density at radius 1 is 1.19 bits per heavy atom. The van der Waals surface area contributed by atoms with Gasteiger partial charge in [-0.1, -0.05) is 13.3 Å². The maximum absolute atomic E-state index is 12.7. The Hall–Kier alpha value is -1.36. The lowest BCUT2D eigenvalue weighted by Gasteiger charge is -2.63. The number of carboxylic acid groups (broad SMARTS) is 1. The normalized spacial score (nSPS) is 53.1. The van der Waals surface area contributed by atoms with E-state index < -0.39 is 17.2 Å². The highest BCUT2D eigenvalue weighted by molar-refractivity contribution is 5.80. The van der Waals surface area contributed by atoms with Crippen molar-refractivity contribution >= 4 is 11.9 Å². The Morgan fingerprint density at radius 2 is 1.92 bits per heavy atom. The molecule has 0 spiro atoms.